The normalized spacial score (nSPS) is 10.4. The van der Waals surface area contributed by atoms with E-state index in [1.807, 2.05) is 36.4 Å². The second-order valence-corrected chi connectivity index (χ2v) is 5.38. The summed E-state index contributed by atoms with van der Waals surface area (Å²) < 4.78 is 5.34. The van der Waals surface area contributed by atoms with Gasteiger partial charge < -0.3 is 10.1 Å². The molecule has 0 spiro atoms. The van der Waals surface area contributed by atoms with E-state index >= 15 is 0 Å². The Kier molecular flexibility index (Phi) is 4.55. The average Bonchev–Trinajstić information content (AvgIpc) is 3.01. The maximum absolute atomic E-state index is 5.34. The van der Waals surface area contributed by atoms with Crippen LogP contribution in [0.25, 0.3) is 0 Å². The van der Waals surface area contributed by atoms with E-state index < -0.39 is 0 Å². The van der Waals surface area contributed by atoms with Gasteiger partial charge in [0.2, 0.25) is 11.1 Å². The Morgan fingerprint density at radius 2 is 2.14 bits per heavy atom. The molecule has 0 amide bonds. The molecule has 0 aliphatic heterocycles. The number of benzene rings is 1. The Hall–Kier alpha value is -2.54. The molecule has 112 valence electrons. The van der Waals surface area contributed by atoms with Crippen LogP contribution >= 0.6 is 11.8 Å². The predicted molar refractivity (Wildman–Crippen MR) is 86.5 cm³/mol. The molecule has 0 aliphatic carbocycles. The minimum absolute atomic E-state index is 0.593. The molecule has 0 saturated heterocycles. The summed E-state index contributed by atoms with van der Waals surface area (Å²) in [6.07, 6.45) is 3.45. The lowest BCUT2D eigenvalue weighted by molar-refractivity contribution is 0.411. The third-order valence-electron chi connectivity index (χ3n) is 2.94. The van der Waals surface area contributed by atoms with Gasteiger partial charge in [-0.2, -0.15) is 4.98 Å². The standard InChI is InChI=1S/C15H15N5OS/c1-21-13-7-3-2-5-11(13)10-22-15-18-14(19-20-15)17-12-6-4-8-16-9-12/h2-9H,10H2,1H3,(H2,17,18,19,20). The maximum Gasteiger partial charge on any atom is 0.224 e. The summed E-state index contributed by atoms with van der Waals surface area (Å²) >= 11 is 1.55. The molecule has 1 aromatic carbocycles. The van der Waals surface area contributed by atoms with Crippen LogP contribution in [0.1, 0.15) is 5.56 Å². The van der Waals surface area contributed by atoms with Crippen molar-refractivity contribution in [3.05, 3.63) is 54.4 Å². The molecule has 3 rings (SSSR count). The van der Waals surface area contributed by atoms with Gasteiger partial charge >= 0.3 is 0 Å². The van der Waals surface area contributed by atoms with Crippen LogP contribution in [0, 0.1) is 0 Å². The van der Waals surface area contributed by atoms with Crippen molar-refractivity contribution in [3.8, 4) is 5.75 Å². The van der Waals surface area contributed by atoms with E-state index in [4.69, 9.17) is 4.74 Å². The van der Waals surface area contributed by atoms with E-state index in [2.05, 4.69) is 25.5 Å². The van der Waals surface area contributed by atoms with Gasteiger partial charge in [0.1, 0.15) is 5.75 Å². The Morgan fingerprint density at radius 1 is 1.23 bits per heavy atom. The number of pyridine rings is 1. The SMILES string of the molecule is COc1ccccc1CSc1n[nH]c(Nc2cccnc2)n1. The molecule has 0 saturated carbocycles. The molecule has 2 heterocycles. The van der Waals surface area contributed by atoms with E-state index in [0.29, 0.717) is 11.1 Å². The van der Waals surface area contributed by atoms with Crippen molar-refractivity contribution in [1.82, 2.24) is 20.2 Å². The zero-order chi connectivity index (χ0) is 15.2. The topological polar surface area (TPSA) is 75.7 Å². The van der Waals surface area contributed by atoms with Gasteiger partial charge in [-0.1, -0.05) is 30.0 Å². The monoisotopic (exact) mass is 313 g/mol. The largest absolute Gasteiger partial charge is 0.496 e. The van der Waals surface area contributed by atoms with Crippen molar-refractivity contribution >= 4 is 23.4 Å². The highest BCUT2D eigenvalue weighted by molar-refractivity contribution is 7.98. The van der Waals surface area contributed by atoms with E-state index in [1.54, 1.807) is 31.3 Å². The maximum atomic E-state index is 5.34. The Morgan fingerprint density at radius 3 is 2.95 bits per heavy atom. The number of nitrogens with one attached hydrogen (secondary N) is 2. The van der Waals surface area contributed by atoms with E-state index in [9.17, 15) is 0 Å². The van der Waals surface area contributed by atoms with E-state index in [1.165, 1.54) is 0 Å². The van der Waals surface area contributed by atoms with Crippen molar-refractivity contribution < 1.29 is 4.74 Å². The zero-order valence-corrected chi connectivity index (χ0v) is 12.8. The van der Waals surface area contributed by atoms with Crippen molar-refractivity contribution in [3.63, 3.8) is 0 Å². The van der Waals surface area contributed by atoms with Gasteiger partial charge in [-0.15, -0.1) is 5.10 Å². The first-order chi connectivity index (χ1) is 10.8. The summed E-state index contributed by atoms with van der Waals surface area (Å²) in [7, 11) is 1.67. The molecule has 2 aromatic heterocycles. The van der Waals surface area contributed by atoms with Crippen molar-refractivity contribution in [2.45, 2.75) is 10.9 Å². The molecule has 6 nitrogen and oxygen atoms in total. The van der Waals surface area contributed by atoms with Crippen LogP contribution in [0.5, 0.6) is 5.75 Å². The van der Waals surface area contributed by atoms with Gasteiger partial charge in [-0.3, -0.25) is 4.98 Å². The molecule has 3 aromatic rings. The van der Waals surface area contributed by atoms with Crippen LogP contribution in [0.2, 0.25) is 0 Å². The van der Waals surface area contributed by atoms with Crippen molar-refractivity contribution in [2.75, 3.05) is 12.4 Å². The van der Waals surface area contributed by atoms with Crippen LogP contribution in [0.15, 0.2) is 53.9 Å². The third-order valence-corrected chi connectivity index (χ3v) is 3.83. The molecule has 0 atom stereocenters. The van der Waals surface area contributed by atoms with Gasteiger partial charge in [0.15, 0.2) is 0 Å². The number of hydrogen-bond donors (Lipinski definition) is 2. The second kappa shape index (κ2) is 6.95. The molecule has 22 heavy (non-hydrogen) atoms. The highest BCUT2D eigenvalue weighted by atomic mass is 32.2. The number of ether oxygens (including phenoxy) is 1. The Bertz CT molecular complexity index is 732. The number of rotatable bonds is 6. The number of aromatic amines is 1. The molecule has 0 bridgehead atoms. The van der Waals surface area contributed by atoms with Gasteiger partial charge in [0.05, 0.1) is 19.0 Å². The molecular weight excluding hydrogens is 298 g/mol. The molecule has 0 fully saturated rings. The molecule has 0 radical (unpaired) electrons. The quantitative estimate of drug-likeness (QED) is 0.680. The van der Waals surface area contributed by atoms with Crippen LogP contribution in [-0.4, -0.2) is 27.3 Å². The Labute approximate surface area is 132 Å². The number of methoxy groups -OCH3 is 1. The third kappa shape index (κ3) is 3.56. The number of para-hydroxylation sites is 1. The fraction of sp³-hybridized carbons (Fsp3) is 0.133. The first-order valence-corrected chi connectivity index (χ1v) is 7.68. The summed E-state index contributed by atoms with van der Waals surface area (Å²) in [5, 5.41) is 10.8. The van der Waals surface area contributed by atoms with Crippen LogP contribution < -0.4 is 10.1 Å². The first-order valence-electron chi connectivity index (χ1n) is 6.69. The number of nitrogens with zero attached hydrogens (tertiary/aromatic N) is 3. The summed E-state index contributed by atoms with van der Waals surface area (Å²) in [6, 6.07) is 11.7. The first kappa shape index (κ1) is 14.4. The van der Waals surface area contributed by atoms with Crippen LogP contribution in [0.4, 0.5) is 11.6 Å². The highest BCUT2D eigenvalue weighted by Crippen LogP contribution is 2.26. The molecule has 0 aliphatic rings. The lowest BCUT2D eigenvalue weighted by atomic mass is 10.2. The smallest absolute Gasteiger partial charge is 0.224 e. The van der Waals surface area contributed by atoms with Gasteiger partial charge in [0.25, 0.3) is 0 Å². The predicted octanol–water partition coefficient (Wildman–Crippen LogP) is 3.24. The molecule has 2 N–H and O–H groups in total. The number of anilines is 2. The zero-order valence-electron chi connectivity index (χ0n) is 12.0. The fourth-order valence-electron chi connectivity index (χ4n) is 1.90. The average molecular weight is 313 g/mol. The summed E-state index contributed by atoms with van der Waals surface area (Å²) in [5.74, 6) is 2.21. The van der Waals surface area contributed by atoms with E-state index in [0.717, 1.165) is 22.8 Å². The number of thioether (sulfide) groups is 1. The van der Waals surface area contributed by atoms with Gasteiger partial charge in [0, 0.05) is 17.5 Å². The van der Waals surface area contributed by atoms with Crippen LogP contribution in [-0.2, 0) is 5.75 Å². The Balaban J connectivity index is 1.62. The van der Waals surface area contributed by atoms with Gasteiger partial charge in [-0.25, -0.2) is 5.10 Å². The summed E-state index contributed by atoms with van der Waals surface area (Å²) in [4.78, 5) is 8.43. The van der Waals surface area contributed by atoms with Crippen LogP contribution in [0.3, 0.4) is 0 Å². The molecular formula is C15H15N5OS. The highest BCUT2D eigenvalue weighted by Gasteiger charge is 2.07. The summed E-state index contributed by atoms with van der Waals surface area (Å²) in [5.41, 5.74) is 1.97. The van der Waals surface area contributed by atoms with Crippen molar-refractivity contribution in [1.29, 1.82) is 0 Å². The summed E-state index contributed by atoms with van der Waals surface area (Å²) in [6.45, 7) is 0. The van der Waals surface area contributed by atoms with E-state index in [-0.39, 0.29) is 0 Å². The fourth-order valence-corrected chi connectivity index (χ4v) is 2.69. The lowest BCUT2D eigenvalue weighted by Gasteiger charge is -2.05. The minimum Gasteiger partial charge on any atom is -0.496 e. The number of H-pyrrole nitrogens is 1. The molecule has 0 unspecified atom stereocenters. The minimum atomic E-state index is 0.593. The number of aromatic nitrogens is 4. The lowest BCUT2D eigenvalue weighted by Crippen LogP contribution is -1.92. The molecule has 7 heteroatoms. The second-order valence-electron chi connectivity index (χ2n) is 4.43. The number of hydrogen-bond acceptors (Lipinski definition) is 6. The van der Waals surface area contributed by atoms with Gasteiger partial charge in [-0.05, 0) is 18.2 Å². The van der Waals surface area contributed by atoms with Crippen molar-refractivity contribution in [2.24, 2.45) is 0 Å².